The van der Waals surface area contributed by atoms with Crippen LogP contribution in [0.4, 0.5) is 0 Å². The maximum absolute atomic E-state index is 5.74. The highest BCUT2D eigenvalue weighted by molar-refractivity contribution is 4.47. The Hall–Kier alpha value is -0.880. The molecule has 0 rings (SSSR count). The minimum absolute atomic E-state index is 1.32. The van der Waals surface area contributed by atoms with Gasteiger partial charge in [-0.05, 0) is 0 Å². The maximum atomic E-state index is 5.74. The molecule has 0 radical (unpaired) electrons. The van der Waals surface area contributed by atoms with Crippen LogP contribution in [0.3, 0.4) is 0 Å². The smallest absolute Gasteiger partial charge is 0.124 e. The molecule has 0 aromatic heterocycles. The van der Waals surface area contributed by atoms with E-state index < -0.39 is 0 Å². The van der Waals surface area contributed by atoms with E-state index >= 15 is 0 Å². The van der Waals surface area contributed by atoms with Gasteiger partial charge in [0.2, 0.25) is 0 Å². The van der Waals surface area contributed by atoms with Gasteiger partial charge < -0.3 is 0 Å². The van der Waals surface area contributed by atoms with E-state index in [9.17, 15) is 0 Å². The van der Waals surface area contributed by atoms with E-state index in [0.29, 0.717) is 0 Å². The first-order chi connectivity index (χ1) is 9.66. The molecule has 0 aromatic rings. The first kappa shape index (κ1) is 30.3. The lowest BCUT2D eigenvalue weighted by atomic mass is 10.4. The van der Waals surface area contributed by atoms with Gasteiger partial charge in [-0.25, -0.2) is 0 Å². The van der Waals surface area contributed by atoms with Crippen LogP contribution in [0.1, 0.15) is 97.7 Å². The molecule has 0 heteroatoms. The van der Waals surface area contributed by atoms with Crippen molar-refractivity contribution >= 4 is 0 Å². The summed E-state index contributed by atoms with van der Waals surface area (Å²) < 4.78 is 11.5. The van der Waals surface area contributed by atoms with Gasteiger partial charge >= 0.3 is 0 Å². The SMILES string of the molecule is CC.CC.CC.CCCC.CCCC.[3H]C#C.[3H]C#C. The van der Waals surface area contributed by atoms with Crippen molar-refractivity contribution in [2.75, 3.05) is 0 Å². The number of terminal acetylenes is 2. The van der Waals surface area contributed by atoms with Crippen LogP contribution in [-0.4, -0.2) is 0 Å². The van der Waals surface area contributed by atoms with Crippen LogP contribution >= 0.6 is 0 Å². The molecule has 0 aromatic carbocycles. The molecule has 0 fully saturated rings. The van der Waals surface area contributed by atoms with Crippen LogP contribution in [0.15, 0.2) is 0 Å². The maximum Gasteiger partial charge on any atom is 0.124 e. The van der Waals surface area contributed by atoms with Gasteiger partial charge in [-0.3, -0.25) is 0 Å². The Morgan fingerprint density at radius 2 is 0.611 bits per heavy atom. The van der Waals surface area contributed by atoms with Crippen LogP contribution in [0.2, 0.25) is 0 Å². The fraction of sp³-hybridized carbons (Fsp3) is 0.778. The summed E-state index contributed by atoms with van der Waals surface area (Å²) >= 11 is 0. The van der Waals surface area contributed by atoms with Crippen LogP contribution in [0.25, 0.3) is 0 Å². The quantitative estimate of drug-likeness (QED) is 0.462. The molecule has 0 N–H and O–H groups in total. The summed E-state index contributed by atoms with van der Waals surface area (Å²) in [5.74, 6) is 0. The standard InChI is InChI=1S/2C4H10.3C2H6.2C2H2/c2*1-3-4-2;5*1-2/h2*3-4H2,1-2H3;3*1-2H3;2*1-2H/i;;;;;2*1T. The Bertz CT molecular complexity index is 98.4. The summed E-state index contributed by atoms with van der Waals surface area (Å²) in [5, 5.41) is 0. The Morgan fingerprint density at radius 1 is 0.556 bits per heavy atom. The van der Waals surface area contributed by atoms with Gasteiger partial charge in [0.25, 0.3) is 0 Å². The predicted molar refractivity (Wildman–Crippen MR) is 95.0 cm³/mol. The van der Waals surface area contributed by atoms with Crippen molar-refractivity contribution < 1.29 is 2.74 Å². The fourth-order valence-electron chi connectivity index (χ4n) is 0. The summed E-state index contributed by atoms with van der Waals surface area (Å²) in [5.41, 5.74) is 0. The van der Waals surface area contributed by atoms with E-state index in [1.807, 2.05) is 41.5 Å². The number of rotatable bonds is 2. The van der Waals surface area contributed by atoms with Crippen LogP contribution in [0.5, 0.6) is 0 Å². The normalized spacial score (nSPS) is 5.33. The van der Waals surface area contributed by atoms with Crippen LogP contribution < -0.4 is 0 Å². The largest absolute Gasteiger partial charge is 0.124 e. The Balaban J connectivity index is -0.0000000202. The second-order valence-electron chi connectivity index (χ2n) is 2.00. The Morgan fingerprint density at radius 3 is 0.611 bits per heavy atom. The van der Waals surface area contributed by atoms with Gasteiger partial charge in [-0.2, -0.15) is 0 Å². The van der Waals surface area contributed by atoms with Crippen LogP contribution in [-0.2, 0) is 0 Å². The summed E-state index contributed by atoms with van der Waals surface area (Å²) in [6.07, 6.45) is 16.8. The molecule has 0 atom stereocenters. The molecule has 0 heterocycles. The van der Waals surface area contributed by atoms with E-state index in [0.717, 1.165) is 0 Å². The molecule has 0 amide bonds. The second-order valence-corrected chi connectivity index (χ2v) is 2.00. The summed E-state index contributed by atoms with van der Waals surface area (Å²) in [6, 6.07) is 0. The summed E-state index contributed by atoms with van der Waals surface area (Å²) in [4.78, 5) is 0. The zero-order valence-corrected chi connectivity index (χ0v) is 15.0. The molecule has 114 valence electrons. The topological polar surface area (TPSA) is 0 Å². The third-order valence-corrected chi connectivity index (χ3v) is 1.000. The first-order valence-corrected chi connectivity index (χ1v) is 7.41. The van der Waals surface area contributed by atoms with Crippen LogP contribution in [0, 0.1) is 25.6 Å². The second kappa shape index (κ2) is 379. The zero-order valence-electron chi connectivity index (χ0n) is 17.0. The third-order valence-electron chi connectivity index (χ3n) is 1.000. The van der Waals surface area contributed by atoms with E-state index in [-0.39, 0.29) is 0 Å². The summed E-state index contributed by atoms with van der Waals surface area (Å²) in [7, 11) is 0. The molecule has 0 bridgehead atoms. The monoisotopic (exact) mass is 262 g/mol. The molecule has 0 nitrogen and oxygen atoms in total. The highest BCUT2D eigenvalue weighted by Gasteiger charge is 1.56. The number of hydrogen-bond acceptors (Lipinski definition) is 0. The van der Waals surface area contributed by atoms with E-state index in [4.69, 9.17) is 2.74 Å². The molecule has 0 saturated heterocycles. The van der Waals surface area contributed by atoms with Crippen molar-refractivity contribution in [1.29, 1.82) is 0 Å². The van der Waals surface area contributed by atoms with E-state index in [1.54, 1.807) is 0 Å². The average Bonchev–Trinajstić information content (AvgIpc) is 2.54. The van der Waals surface area contributed by atoms with E-state index in [1.165, 1.54) is 38.5 Å². The third kappa shape index (κ3) is 2400. The summed E-state index contributed by atoms with van der Waals surface area (Å²) in [6.45, 7) is 20.7. The molecule has 0 saturated carbocycles. The minimum Gasteiger partial charge on any atom is -0.124 e. The molecule has 0 aliphatic rings. The molecule has 0 unspecified atom stereocenters. The van der Waals surface area contributed by atoms with Crippen molar-refractivity contribution in [3.05, 3.63) is 0 Å². The van der Waals surface area contributed by atoms with Gasteiger partial charge in [0.15, 0.2) is 0 Å². The van der Waals surface area contributed by atoms with Crippen molar-refractivity contribution in [2.24, 2.45) is 0 Å². The van der Waals surface area contributed by atoms with Gasteiger partial charge in [0.1, 0.15) is 2.74 Å². The van der Waals surface area contributed by atoms with Gasteiger partial charge in [0, 0.05) is 0 Å². The van der Waals surface area contributed by atoms with E-state index in [2.05, 4.69) is 40.5 Å². The predicted octanol–water partition coefficient (Wildman–Crippen LogP) is 7.19. The van der Waals surface area contributed by atoms with Gasteiger partial charge in [0.05, 0.1) is 0 Å². The molecule has 0 aliphatic carbocycles. The van der Waals surface area contributed by atoms with Crippen molar-refractivity contribution in [2.45, 2.75) is 94.9 Å². The van der Waals surface area contributed by atoms with Gasteiger partial charge in [-0.1, -0.05) is 94.9 Å². The fourth-order valence-corrected chi connectivity index (χ4v) is 0. The Kier molecular flexibility index (Phi) is 637. The number of hydrogen-bond donors (Lipinski definition) is 0. The lowest BCUT2D eigenvalue weighted by Crippen LogP contribution is -1.47. The van der Waals surface area contributed by atoms with Crippen molar-refractivity contribution in [1.82, 2.24) is 0 Å². The van der Waals surface area contributed by atoms with Gasteiger partial charge in [-0.15, -0.1) is 25.6 Å². The van der Waals surface area contributed by atoms with Crippen molar-refractivity contribution in [3.8, 4) is 25.6 Å². The highest BCUT2D eigenvalue weighted by atomic mass is 13.6. The minimum atomic E-state index is 1.32. The molecular weight excluding hydrogens is 216 g/mol. The Labute approximate surface area is 124 Å². The lowest BCUT2D eigenvalue weighted by Gasteiger charge is -1.68. The molecular formula is C18H42. The highest BCUT2D eigenvalue weighted by Crippen LogP contribution is 1.77. The molecule has 18 heavy (non-hydrogen) atoms. The average molecular weight is 263 g/mol. The molecule has 0 spiro atoms. The first-order valence-electron chi connectivity index (χ1n) is 8.41. The molecule has 0 aliphatic heterocycles. The van der Waals surface area contributed by atoms with Crippen molar-refractivity contribution in [3.63, 3.8) is 0 Å². The zero-order chi connectivity index (χ0) is 18.2. The lowest BCUT2D eigenvalue weighted by molar-refractivity contribution is 0.886. The number of unbranched alkanes of at least 4 members (excludes halogenated alkanes) is 2.